The monoisotopic (exact) mass is 353 g/mol. The third kappa shape index (κ3) is 2.99. The predicted octanol–water partition coefficient (Wildman–Crippen LogP) is 4.85. The number of hydrogen-bond donors (Lipinski definition) is 0. The van der Waals surface area contributed by atoms with Crippen LogP contribution in [-0.4, -0.2) is 15.1 Å². The van der Waals surface area contributed by atoms with Crippen molar-refractivity contribution in [1.82, 2.24) is 10.2 Å². The number of nitro benzene ring substituents is 1. The Balaban J connectivity index is 1.59. The third-order valence-electron chi connectivity index (χ3n) is 3.61. The van der Waals surface area contributed by atoms with Gasteiger partial charge in [-0.15, -0.1) is 10.2 Å². The number of benzene rings is 2. The van der Waals surface area contributed by atoms with Crippen LogP contribution in [0.4, 0.5) is 5.69 Å². The molecule has 0 fully saturated rings. The second-order valence-corrected chi connectivity index (χ2v) is 6.35. The first kappa shape index (κ1) is 15.4. The summed E-state index contributed by atoms with van der Waals surface area (Å²) in [5.41, 5.74) is 1.40. The van der Waals surface area contributed by atoms with Gasteiger partial charge in [-0.05, 0) is 43.0 Å². The Morgan fingerprint density at radius 2 is 1.92 bits per heavy atom. The number of aryl methyl sites for hydroxylation is 1. The van der Waals surface area contributed by atoms with Gasteiger partial charge in [0.05, 0.1) is 4.92 Å². The quantitative estimate of drug-likeness (QED) is 0.382. The molecule has 0 saturated carbocycles. The van der Waals surface area contributed by atoms with E-state index in [1.54, 1.807) is 19.1 Å². The molecule has 0 amide bonds. The van der Waals surface area contributed by atoms with Crippen molar-refractivity contribution in [3.8, 4) is 11.7 Å². The van der Waals surface area contributed by atoms with Crippen LogP contribution in [0.5, 0.6) is 0 Å². The summed E-state index contributed by atoms with van der Waals surface area (Å²) in [4.78, 5) is 11.2. The Kier molecular flexibility index (Phi) is 3.73. The second-order valence-electron chi connectivity index (χ2n) is 5.33. The molecular formula is C17H11N3O4S. The molecule has 0 unspecified atom stereocenters. The molecule has 0 saturated heterocycles. The lowest BCUT2D eigenvalue weighted by atomic mass is 10.2. The van der Waals surface area contributed by atoms with Gasteiger partial charge in [-0.3, -0.25) is 10.1 Å². The summed E-state index contributed by atoms with van der Waals surface area (Å²) in [7, 11) is 0. The summed E-state index contributed by atoms with van der Waals surface area (Å²) in [6, 6.07) is 14.3. The first-order valence-corrected chi connectivity index (χ1v) is 8.17. The van der Waals surface area contributed by atoms with Gasteiger partial charge < -0.3 is 8.83 Å². The van der Waals surface area contributed by atoms with Crippen molar-refractivity contribution in [2.75, 3.05) is 0 Å². The molecule has 2 aromatic carbocycles. The summed E-state index contributed by atoms with van der Waals surface area (Å²) >= 11 is 1.24. The van der Waals surface area contributed by atoms with Crippen molar-refractivity contribution in [3.63, 3.8) is 0 Å². The van der Waals surface area contributed by atoms with E-state index >= 15 is 0 Å². The normalized spacial score (nSPS) is 11.1. The number of furan rings is 1. The molecule has 0 N–H and O–H groups in total. The Morgan fingerprint density at radius 1 is 1.08 bits per heavy atom. The van der Waals surface area contributed by atoms with Gasteiger partial charge in [0, 0.05) is 21.9 Å². The molecule has 4 aromatic rings. The van der Waals surface area contributed by atoms with Crippen molar-refractivity contribution in [3.05, 3.63) is 64.2 Å². The number of hydrogen-bond acceptors (Lipinski definition) is 7. The molecule has 0 aliphatic heterocycles. The highest BCUT2D eigenvalue weighted by Gasteiger charge is 2.16. The van der Waals surface area contributed by atoms with E-state index < -0.39 is 4.92 Å². The molecule has 124 valence electrons. The van der Waals surface area contributed by atoms with Crippen LogP contribution in [0.1, 0.15) is 5.56 Å². The minimum absolute atomic E-state index is 0.0813. The van der Waals surface area contributed by atoms with Crippen LogP contribution >= 0.6 is 11.8 Å². The average molecular weight is 353 g/mol. The van der Waals surface area contributed by atoms with Crippen molar-refractivity contribution < 1.29 is 13.8 Å². The Morgan fingerprint density at radius 3 is 2.68 bits per heavy atom. The average Bonchev–Trinajstić information content (AvgIpc) is 3.20. The van der Waals surface area contributed by atoms with E-state index in [0.717, 1.165) is 15.9 Å². The first-order valence-electron chi connectivity index (χ1n) is 7.35. The second kappa shape index (κ2) is 6.06. The molecule has 0 spiro atoms. The minimum Gasteiger partial charge on any atom is -0.451 e. The standard InChI is InChI=1S/C17H11N3O4S/c1-10-8-12(6-7-13(10)20(21)22)25-17-19-18-16(24-17)15-9-11-4-2-3-5-14(11)23-15/h2-9H,1H3. The van der Waals surface area contributed by atoms with Crippen molar-refractivity contribution in [1.29, 1.82) is 0 Å². The van der Waals surface area contributed by atoms with Gasteiger partial charge in [0.2, 0.25) is 0 Å². The maximum absolute atomic E-state index is 10.9. The van der Waals surface area contributed by atoms with Gasteiger partial charge in [-0.1, -0.05) is 18.2 Å². The fraction of sp³-hybridized carbons (Fsp3) is 0.0588. The highest BCUT2D eigenvalue weighted by atomic mass is 32.2. The van der Waals surface area contributed by atoms with Gasteiger partial charge in [0.1, 0.15) is 5.58 Å². The molecule has 4 rings (SSSR count). The van der Waals surface area contributed by atoms with E-state index in [2.05, 4.69) is 10.2 Å². The van der Waals surface area contributed by atoms with Crippen molar-refractivity contribution >= 4 is 28.4 Å². The molecule has 0 bridgehead atoms. The van der Waals surface area contributed by atoms with Crippen LogP contribution in [0, 0.1) is 17.0 Å². The van der Waals surface area contributed by atoms with E-state index in [0.29, 0.717) is 16.5 Å². The topological polar surface area (TPSA) is 95.2 Å². The van der Waals surface area contributed by atoms with Gasteiger partial charge in [-0.25, -0.2) is 0 Å². The molecule has 0 radical (unpaired) electrons. The lowest BCUT2D eigenvalue weighted by molar-refractivity contribution is -0.385. The van der Waals surface area contributed by atoms with Crippen LogP contribution in [-0.2, 0) is 0 Å². The van der Waals surface area contributed by atoms with Gasteiger partial charge in [0.25, 0.3) is 16.8 Å². The number of nitro groups is 1. The minimum atomic E-state index is -0.407. The van der Waals surface area contributed by atoms with Crippen LogP contribution < -0.4 is 0 Å². The van der Waals surface area contributed by atoms with Crippen molar-refractivity contribution in [2.24, 2.45) is 0 Å². The molecule has 2 heterocycles. The molecule has 0 atom stereocenters. The first-order chi connectivity index (χ1) is 12.1. The predicted molar refractivity (Wildman–Crippen MR) is 91.5 cm³/mol. The smallest absolute Gasteiger partial charge is 0.284 e. The summed E-state index contributed by atoms with van der Waals surface area (Å²) in [6.07, 6.45) is 0. The van der Waals surface area contributed by atoms with Gasteiger partial charge in [0.15, 0.2) is 5.76 Å². The number of fused-ring (bicyclic) bond motifs is 1. The number of para-hydroxylation sites is 1. The van der Waals surface area contributed by atoms with E-state index in [9.17, 15) is 10.1 Å². The lowest BCUT2D eigenvalue weighted by Crippen LogP contribution is -1.91. The summed E-state index contributed by atoms with van der Waals surface area (Å²) in [5, 5.41) is 20.2. The number of aromatic nitrogens is 2. The number of nitrogens with zero attached hydrogens (tertiary/aromatic N) is 3. The van der Waals surface area contributed by atoms with E-state index in [1.165, 1.54) is 17.8 Å². The summed E-state index contributed by atoms with van der Waals surface area (Å²) in [6.45, 7) is 1.69. The molecule has 0 aliphatic carbocycles. The Labute approximate surface area is 145 Å². The molecule has 2 aromatic heterocycles. The zero-order chi connectivity index (χ0) is 17.4. The highest BCUT2D eigenvalue weighted by Crippen LogP contribution is 2.33. The zero-order valence-electron chi connectivity index (χ0n) is 13.0. The fourth-order valence-corrected chi connectivity index (χ4v) is 3.21. The highest BCUT2D eigenvalue weighted by molar-refractivity contribution is 7.99. The van der Waals surface area contributed by atoms with Crippen LogP contribution in [0.25, 0.3) is 22.6 Å². The molecule has 0 aliphatic rings. The summed E-state index contributed by atoms with van der Waals surface area (Å²) < 4.78 is 11.3. The SMILES string of the molecule is Cc1cc(Sc2nnc(-c3cc4ccccc4o3)o2)ccc1[N+](=O)[O-]. The fourth-order valence-electron chi connectivity index (χ4n) is 2.43. The summed E-state index contributed by atoms with van der Waals surface area (Å²) in [5.74, 6) is 0.790. The van der Waals surface area contributed by atoms with E-state index in [4.69, 9.17) is 8.83 Å². The molecule has 7 nitrogen and oxygen atoms in total. The molecular weight excluding hydrogens is 342 g/mol. The van der Waals surface area contributed by atoms with Crippen LogP contribution in [0.3, 0.4) is 0 Å². The maximum atomic E-state index is 10.9. The van der Waals surface area contributed by atoms with E-state index in [-0.39, 0.29) is 11.6 Å². The van der Waals surface area contributed by atoms with Gasteiger partial charge >= 0.3 is 0 Å². The largest absolute Gasteiger partial charge is 0.451 e. The van der Waals surface area contributed by atoms with Crippen molar-refractivity contribution in [2.45, 2.75) is 17.0 Å². The molecule has 8 heteroatoms. The Bertz CT molecular complexity index is 1050. The van der Waals surface area contributed by atoms with E-state index in [1.807, 2.05) is 30.3 Å². The van der Waals surface area contributed by atoms with Crippen LogP contribution in [0.2, 0.25) is 0 Å². The van der Waals surface area contributed by atoms with Gasteiger partial charge in [-0.2, -0.15) is 0 Å². The molecule has 25 heavy (non-hydrogen) atoms. The number of rotatable bonds is 4. The lowest BCUT2D eigenvalue weighted by Gasteiger charge is -2.00. The zero-order valence-corrected chi connectivity index (χ0v) is 13.8. The Hall–Kier alpha value is -3.13. The maximum Gasteiger partial charge on any atom is 0.284 e. The van der Waals surface area contributed by atoms with Crippen LogP contribution in [0.15, 0.2) is 67.5 Å². The third-order valence-corrected chi connectivity index (χ3v) is 4.44.